The molecule has 0 spiro atoms. The Morgan fingerprint density at radius 3 is 2.73 bits per heavy atom. The second-order valence-corrected chi connectivity index (χ2v) is 9.58. The van der Waals surface area contributed by atoms with Crippen LogP contribution in [-0.2, 0) is 13.0 Å². The normalized spacial score (nSPS) is 14.4. The van der Waals surface area contributed by atoms with E-state index in [2.05, 4.69) is 30.7 Å². The van der Waals surface area contributed by atoms with E-state index in [9.17, 15) is 24.3 Å². The quantitative estimate of drug-likeness (QED) is 0.250. The molecule has 0 fully saturated rings. The highest BCUT2D eigenvalue weighted by molar-refractivity contribution is 5.98. The Bertz CT molecular complexity index is 1920. The van der Waals surface area contributed by atoms with Crippen molar-refractivity contribution >= 4 is 34.7 Å². The molecule has 6 rings (SSSR count). The number of carbonyl (C=O) groups is 3. The molecule has 1 aliphatic rings. The van der Waals surface area contributed by atoms with E-state index in [1.165, 1.54) is 12.1 Å². The van der Waals surface area contributed by atoms with Gasteiger partial charge in [-0.1, -0.05) is 12.1 Å². The molecular formula is C27H23N7O6. The zero-order valence-electron chi connectivity index (χ0n) is 21.4. The van der Waals surface area contributed by atoms with E-state index in [4.69, 9.17) is 4.42 Å². The number of aromatic amines is 1. The smallest absolute Gasteiger partial charge is 0.363 e. The van der Waals surface area contributed by atoms with Crippen molar-refractivity contribution in [3.8, 4) is 0 Å². The molecule has 202 valence electrons. The van der Waals surface area contributed by atoms with Crippen molar-refractivity contribution in [3.05, 3.63) is 92.0 Å². The van der Waals surface area contributed by atoms with Gasteiger partial charge >= 0.3 is 11.7 Å². The van der Waals surface area contributed by atoms with Gasteiger partial charge in [-0.25, -0.2) is 29.2 Å². The highest BCUT2D eigenvalue weighted by Crippen LogP contribution is 2.35. The Morgan fingerprint density at radius 1 is 1.10 bits per heavy atom. The van der Waals surface area contributed by atoms with E-state index in [-0.39, 0.29) is 35.3 Å². The van der Waals surface area contributed by atoms with Crippen molar-refractivity contribution in [3.63, 3.8) is 0 Å². The monoisotopic (exact) mass is 541 g/mol. The van der Waals surface area contributed by atoms with Crippen LogP contribution in [0.5, 0.6) is 0 Å². The number of carboxylic acid groups (broad SMARTS) is 1. The topological polar surface area (TPSA) is 185 Å². The van der Waals surface area contributed by atoms with Crippen LogP contribution in [0.2, 0.25) is 0 Å². The highest BCUT2D eigenvalue weighted by Gasteiger charge is 2.29. The Kier molecular flexibility index (Phi) is 5.90. The van der Waals surface area contributed by atoms with Gasteiger partial charge in [0.05, 0.1) is 11.6 Å². The number of carboxylic acids is 1. The zero-order chi connectivity index (χ0) is 28.1. The maximum atomic E-state index is 13.4. The summed E-state index contributed by atoms with van der Waals surface area (Å²) in [5.41, 5.74) is 3.86. The largest absolute Gasteiger partial charge is 0.478 e. The van der Waals surface area contributed by atoms with Crippen molar-refractivity contribution in [1.82, 2.24) is 35.2 Å². The predicted octanol–water partition coefficient (Wildman–Crippen LogP) is 2.22. The van der Waals surface area contributed by atoms with Crippen molar-refractivity contribution in [2.75, 3.05) is 0 Å². The molecule has 3 heterocycles. The second kappa shape index (κ2) is 9.45. The van der Waals surface area contributed by atoms with E-state index < -0.39 is 23.5 Å². The first-order chi connectivity index (χ1) is 19.2. The summed E-state index contributed by atoms with van der Waals surface area (Å²) < 4.78 is 6.60. The fourth-order valence-electron chi connectivity index (χ4n) is 5.14. The number of aromatic nitrogens is 5. The Balaban J connectivity index is 1.25. The third kappa shape index (κ3) is 4.36. The van der Waals surface area contributed by atoms with Gasteiger partial charge in [0.15, 0.2) is 11.5 Å². The molecule has 0 aliphatic heterocycles. The SMILES string of the molecule is Cc1nc2cc(CNC(=O)c3cc(C(=O)N[C@H]4CCc5c4ccc(C(=O)O)c5C)n4[nH]c(=O)nc4n3)ccc2o1. The standard InChI is InChI=1S/C27H23N7O6/c1-12-15-6-7-18(17(15)5-4-16(12)25(37)38)30-24(36)21-10-20(31-26-32-27(39)33-34(21)26)23(35)28-11-14-3-8-22-19(9-14)29-13(2)40-22/h3-5,8-10,18H,6-7,11H2,1-2H3,(H,28,35)(H,30,36)(H,33,39)(H,37,38)/t18-/m0/s1. The van der Waals surface area contributed by atoms with Crippen molar-refractivity contribution in [1.29, 1.82) is 0 Å². The fraction of sp³-hybridized carbons (Fsp3) is 0.222. The molecule has 0 bridgehead atoms. The number of oxazole rings is 1. The summed E-state index contributed by atoms with van der Waals surface area (Å²) in [6.45, 7) is 3.67. The molecular weight excluding hydrogens is 518 g/mol. The number of fused-ring (bicyclic) bond motifs is 3. The summed E-state index contributed by atoms with van der Waals surface area (Å²) in [4.78, 5) is 62.2. The van der Waals surface area contributed by atoms with Gasteiger partial charge < -0.3 is 20.2 Å². The van der Waals surface area contributed by atoms with Gasteiger partial charge in [0.2, 0.25) is 0 Å². The van der Waals surface area contributed by atoms with Crippen molar-refractivity contribution in [2.45, 2.75) is 39.3 Å². The van der Waals surface area contributed by atoms with Crippen LogP contribution in [0.4, 0.5) is 0 Å². The summed E-state index contributed by atoms with van der Waals surface area (Å²) in [7, 11) is 0. The lowest BCUT2D eigenvalue weighted by atomic mass is 9.98. The molecule has 4 N–H and O–H groups in total. The molecule has 3 aromatic heterocycles. The number of carbonyl (C=O) groups excluding carboxylic acids is 2. The molecule has 0 radical (unpaired) electrons. The summed E-state index contributed by atoms with van der Waals surface area (Å²) >= 11 is 0. The number of aryl methyl sites for hydroxylation is 1. The van der Waals surface area contributed by atoms with Crippen LogP contribution in [0.3, 0.4) is 0 Å². The number of H-pyrrole nitrogens is 1. The van der Waals surface area contributed by atoms with Gasteiger partial charge in [0.1, 0.15) is 16.9 Å². The van der Waals surface area contributed by atoms with Crippen LogP contribution in [0, 0.1) is 13.8 Å². The molecule has 40 heavy (non-hydrogen) atoms. The number of aromatic carboxylic acids is 1. The number of rotatable bonds is 6. The Morgan fingerprint density at radius 2 is 1.93 bits per heavy atom. The summed E-state index contributed by atoms with van der Waals surface area (Å²) in [6, 6.07) is 9.52. The van der Waals surface area contributed by atoms with Crippen LogP contribution >= 0.6 is 0 Å². The lowest BCUT2D eigenvalue weighted by Gasteiger charge is -2.16. The minimum absolute atomic E-state index is 0.0310. The third-order valence-electron chi connectivity index (χ3n) is 7.05. The van der Waals surface area contributed by atoms with Gasteiger partial charge in [0, 0.05) is 19.5 Å². The Hall–Kier alpha value is -5.33. The lowest BCUT2D eigenvalue weighted by molar-refractivity contribution is 0.0695. The van der Waals surface area contributed by atoms with E-state index in [1.807, 2.05) is 0 Å². The molecule has 2 amide bonds. The van der Waals surface area contributed by atoms with Crippen molar-refractivity contribution < 1.29 is 23.9 Å². The van der Waals surface area contributed by atoms with E-state index >= 15 is 0 Å². The van der Waals surface area contributed by atoms with E-state index in [0.29, 0.717) is 35.4 Å². The van der Waals surface area contributed by atoms with Crippen LogP contribution in [-0.4, -0.2) is 47.5 Å². The average Bonchev–Trinajstić information content (AvgIpc) is 3.61. The average molecular weight is 542 g/mol. The summed E-state index contributed by atoms with van der Waals surface area (Å²) in [6.07, 6.45) is 1.18. The number of amides is 2. The number of hydrogen-bond donors (Lipinski definition) is 4. The second-order valence-electron chi connectivity index (χ2n) is 9.58. The van der Waals surface area contributed by atoms with Gasteiger partial charge in [-0.3, -0.25) is 9.59 Å². The lowest BCUT2D eigenvalue weighted by Crippen LogP contribution is -2.31. The van der Waals surface area contributed by atoms with Crippen LogP contribution in [0.25, 0.3) is 16.9 Å². The minimum atomic E-state index is -1.00. The number of hydrogen-bond acceptors (Lipinski definition) is 8. The summed E-state index contributed by atoms with van der Waals surface area (Å²) in [5.74, 6) is -1.71. The molecule has 13 heteroatoms. The van der Waals surface area contributed by atoms with E-state index in [0.717, 1.165) is 21.2 Å². The number of nitrogens with one attached hydrogen (secondary N) is 3. The number of nitrogens with zero attached hydrogens (tertiary/aromatic N) is 4. The zero-order valence-corrected chi connectivity index (χ0v) is 21.4. The van der Waals surface area contributed by atoms with Gasteiger partial charge in [-0.2, -0.15) is 4.98 Å². The van der Waals surface area contributed by atoms with Gasteiger partial charge in [-0.05, 0) is 60.2 Å². The summed E-state index contributed by atoms with van der Waals surface area (Å²) in [5, 5.41) is 17.6. The maximum Gasteiger partial charge on any atom is 0.363 e. The third-order valence-corrected chi connectivity index (χ3v) is 7.05. The van der Waals surface area contributed by atoms with Gasteiger partial charge in [-0.15, -0.1) is 0 Å². The fourth-order valence-corrected chi connectivity index (χ4v) is 5.14. The van der Waals surface area contributed by atoms with E-state index in [1.54, 1.807) is 38.1 Å². The first kappa shape index (κ1) is 25.0. The highest BCUT2D eigenvalue weighted by atomic mass is 16.4. The first-order valence-corrected chi connectivity index (χ1v) is 12.5. The minimum Gasteiger partial charge on any atom is -0.478 e. The van der Waals surface area contributed by atoms with Gasteiger partial charge in [0.25, 0.3) is 17.6 Å². The Labute approximate surface area is 225 Å². The predicted molar refractivity (Wildman–Crippen MR) is 140 cm³/mol. The molecule has 13 nitrogen and oxygen atoms in total. The van der Waals surface area contributed by atoms with Crippen LogP contribution in [0.1, 0.15) is 71.9 Å². The molecule has 1 aliphatic carbocycles. The van der Waals surface area contributed by atoms with Crippen LogP contribution in [0.15, 0.2) is 45.6 Å². The first-order valence-electron chi connectivity index (χ1n) is 12.5. The van der Waals surface area contributed by atoms with Crippen molar-refractivity contribution in [2.24, 2.45) is 0 Å². The molecule has 1 atom stereocenters. The maximum absolute atomic E-state index is 13.4. The molecule has 0 saturated heterocycles. The molecule has 0 unspecified atom stereocenters. The molecule has 5 aromatic rings. The molecule has 2 aromatic carbocycles. The number of benzene rings is 2. The molecule has 0 saturated carbocycles. The van der Waals surface area contributed by atoms with Crippen LogP contribution < -0.4 is 16.3 Å².